The van der Waals surface area contributed by atoms with Crippen molar-refractivity contribution >= 4 is 10.8 Å². The molecule has 4 atom stereocenters. The predicted molar refractivity (Wildman–Crippen MR) is 82.9 cm³/mol. The SMILES string of the molecule is CCC(C)(C)C1CCC(NC)C(S(=O)CCOC)C1. The van der Waals surface area contributed by atoms with Crippen LogP contribution in [0, 0.1) is 11.3 Å². The lowest BCUT2D eigenvalue weighted by Gasteiger charge is -2.42. The zero-order valence-corrected chi connectivity index (χ0v) is 14.0. The largest absolute Gasteiger partial charge is 0.384 e. The van der Waals surface area contributed by atoms with E-state index in [-0.39, 0.29) is 5.25 Å². The van der Waals surface area contributed by atoms with Gasteiger partial charge in [-0.2, -0.15) is 0 Å². The van der Waals surface area contributed by atoms with E-state index in [9.17, 15) is 4.21 Å². The third kappa shape index (κ3) is 4.54. The summed E-state index contributed by atoms with van der Waals surface area (Å²) in [7, 11) is 2.89. The van der Waals surface area contributed by atoms with Gasteiger partial charge in [0.05, 0.1) is 11.9 Å². The molecule has 1 N–H and O–H groups in total. The van der Waals surface area contributed by atoms with E-state index in [0.717, 1.165) is 12.8 Å². The predicted octanol–water partition coefficient (Wildman–Crippen LogP) is 2.57. The smallest absolute Gasteiger partial charge is 0.0577 e. The highest BCUT2D eigenvalue weighted by molar-refractivity contribution is 7.85. The fourth-order valence-electron chi connectivity index (χ4n) is 3.07. The Kier molecular flexibility index (Phi) is 6.98. The van der Waals surface area contributed by atoms with Gasteiger partial charge in [0, 0.05) is 29.7 Å². The summed E-state index contributed by atoms with van der Waals surface area (Å²) >= 11 is 0. The molecule has 1 saturated carbocycles. The Balaban J connectivity index is 2.71. The van der Waals surface area contributed by atoms with Crippen LogP contribution in [-0.2, 0) is 15.5 Å². The first-order valence-electron chi connectivity index (χ1n) is 7.49. The van der Waals surface area contributed by atoms with E-state index < -0.39 is 10.8 Å². The Morgan fingerprint density at radius 2 is 2.05 bits per heavy atom. The molecule has 1 rings (SSSR count). The van der Waals surface area contributed by atoms with Crippen molar-refractivity contribution in [2.45, 2.75) is 57.7 Å². The molecule has 1 fully saturated rings. The first-order chi connectivity index (χ1) is 8.96. The topological polar surface area (TPSA) is 38.3 Å². The number of hydrogen-bond donors (Lipinski definition) is 1. The van der Waals surface area contributed by atoms with Gasteiger partial charge in [0.2, 0.25) is 0 Å². The lowest BCUT2D eigenvalue weighted by Crippen LogP contribution is -2.48. The fourth-order valence-corrected chi connectivity index (χ4v) is 4.78. The summed E-state index contributed by atoms with van der Waals surface area (Å²) in [6, 6.07) is 0.404. The van der Waals surface area contributed by atoms with Crippen LogP contribution in [0.5, 0.6) is 0 Å². The molecule has 0 saturated heterocycles. The van der Waals surface area contributed by atoms with Gasteiger partial charge in [-0.15, -0.1) is 0 Å². The molecular formula is C15H31NO2S. The molecule has 19 heavy (non-hydrogen) atoms. The summed E-state index contributed by atoms with van der Waals surface area (Å²) in [4.78, 5) is 0. The van der Waals surface area contributed by atoms with E-state index in [0.29, 0.717) is 29.7 Å². The molecule has 0 heterocycles. The summed E-state index contributed by atoms with van der Waals surface area (Å²) in [6.07, 6.45) is 4.68. The Morgan fingerprint density at radius 3 is 2.58 bits per heavy atom. The van der Waals surface area contributed by atoms with Crippen molar-refractivity contribution in [3.05, 3.63) is 0 Å². The van der Waals surface area contributed by atoms with Crippen molar-refractivity contribution in [2.24, 2.45) is 11.3 Å². The molecule has 1 aliphatic carbocycles. The van der Waals surface area contributed by atoms with Crippen molar-refractivity contribution in [3.63, 3.8) is 0 Å². The third-order valence-corrected chi connectivity index (χ3v) is 6.77. The average Bonchev–Trinajstić information content (AvgIpc) is 2.43. The van der Waals surface area contributed by atoms with Crippen molar-refractivity contribution in [2.75, 3.05) is 26.5 Å². The Morgan fingerprint density at radius 1 is 1.37 bits per heavy atom. The second-order valence-electron chi connectivity index (χ2n) is 6.36. The average molecular weight is 289 g/mol. The van der Waals surface area contributed by atoms with Gasteiger partial charge in [0.1, 0.15) is 0 Å². The number of methoxy groups -OCH3 is 1. The van der Waals surface area contributed by atoms with Crippen LogP contribution in [-0.4, -0.2) is 42.0 Å². The minimum atomic E-state index is -0.781. The van der Waals surface area contributed by atoms with E-state index in [1.807, 2.05) is 7.05 Å². The zero-order valence-electron chi connectivity index (χ0n) is 13.2. The highest BCUT2D eigenvalue weighted by atomic mass is 32.2. The molecule has 0 amide bonds. The molecule has 0 bridgehead atoms. The first-order valence-corrected chi connectivity index (χ1v) is 8.87. The number of nitrogens with one attached hydrogen (secondary N) is 1. The van der Waals surface area contributed by atoms with E-state index in [1.165, 1.54) is 12.8 Å². The molecule has 0 spiro atoms. The minimum absolute atomic E-state index is 0.282. The van der Waals surface area contributed by atoms with Crippen LogP contribution in [0.1, 0.15) is 46.5 Å². The summed E-state index contributed by atoms with van der Waals surface area (Å²) in [5, 5.41) is 3.65. The molecule has 0 radical (unpaired) electrons. The summed E-state index contributed by atoms with van der Waals surface area (Å²) in [5.74, 6) is 1.36. The van der Waals surface area contributed by atoms with Crippen LogP contribution >= 0.6 is 0 Å². The van der Waals surface area contributed by atoms with Gasteiger partial charge >= 0.3 is 0 Å². The molecular weight excluding hydrogens is 258 g/mol. The van der Waals surface area contributed by atoms with Crippen LogP contribution in [0.15, 0.2) is 0 Å². The molecule has 3 nitrogen and oxygen atoms in total. The normalized spacial score (nSPS) is 30.3. The molecule has 0 aliphatic heterocycles. The molecule has 4 unspecified atom stereocenters. The zero-order chi connectivity index (χ0) is 14.5. The lowest BCUT2D eigenvalue weighted by molar-refractivity contribution is 0.141. The van der Waals surface area contributed by atoms with E-state index in [4.69, 9.17) is 4.74 Å². The second kappa shape index (κ2) is 7.75. The van der Waals surface area contributed by atoms with E-state index >= 15 is 0 Å². The van der Waals surface area contributed by atoms with Crippen LogP contribution < -0.4 is 5.32 Å². The maximum atomic E-state index is 12.5. The number of rotatable bonds is 7. The quantitative estimate of drug-likeness (QED) is 0.783. The van der Waals surface area contributed by atoms with Crippen LogP contribution in [0.25, 0.3) is 0 Å². The van der Waals surface area contributed by atoms with Gasteiger partial charge in [-0.05, 0) is 37.6 Å². The van der Waals surface area contributed by atoms with Gasteiger partial charge in [0.25, 0.3) is 0 Å². The lowest BCUT2D eigenvalue weighted by atomic mass is 9.68. The maximum absolute atomic E-state index is 12.5. The van der Waals surface area contributed by atoms with Crippen LogP contribution in [0.4, 0.5) is 0 Å². The standard InChI is InChI=1S/C15H31NO2S/c1-6-15(2,3)12-7-8-13(16-4)14(11-12)19(17)10-9-18-5/h12-14,16H,6-11H2,1-5H3. The van der Waals surface area contributed by atoms with Crippen LogP contribution in [0.3, 0.4) is 0 Å². The van der Waals surface area contributed by atoms with Crippen LogP contribution in [0.2, 0.25) is 0 Å². The van der Waals surface area contributed by atoms with Gasteiger partial charge < -0.3 is 10.1 Å². The van der Waals surface area contributed by atoms with Gasteiger partial charge in [-0.25, -0.2) is 0 Å². The molecule has 1 aliphatic rings. The Hall–Kier alpha value is 0.0700. The summed E-state index contributed by atoms with van der Waals surface area (Å²) in [5.41, 5.74) is 0.364. The van der Waals surface area contributed by atoms with Crippen molar-refractivity contribution in [1.29, 1.82) is 0 Å². The first kappa shape index (κ1) is 17.1. The second-order valence-corrected chi connectivity index (χ2v) is 8.14. The van der Waals surface area contributed by atoms with E-state index in [1.54, 1.807) is 7.11 Å². The molecule has 0 aromatic heterocycles. The molecule has 114 valence electrons. The maximum Gasteiger partial charge on any atom is 0.0577 e. The summed E-state index contributed by atoms with van der Waals surface area (Å²) in [6.45, 7) is 7.57. The van der Waals surface area contributed by atoms with Crippen molar-refractivity contribution in [3.8, 4) is 0 Å². The highest BCUT2D eigenvalue weighted by Crippen LogP contribution is 2.41. The Bertz CT molecular complexity index is 294. The van der Waals surface area contributed by atoms with Gasteiger partial charge in [0.15, 0.2) is 0 Å². The monoisotopic (exact) mass is 289 g/mol. The van der Waals surface area contributed by atoms with Crippen molar-refractivity contribution in [1.82, 2.24) is 5.32 Å². The Labute approximate surface area is 121 Å². The molecule has 0 aromatic rings. The van der Waals surface area contributed by atoms with E-state index in [2.05, 4.69) is 26.1 Å². The number of hydrogen-bond acceptors (Lipinski definition) is 3. The van der Waals surface area contributed by atoms with Gasteiger partial charge in [-0.1, -0.05) is 27.2 Å². The van der Waals surface area contributed by atoms with Crippen molar-refractivity contribution < 1.29 is 8.95 Å². The third-order valence-electron chi connectivity index (χ3n) is 5.01. The fraction of sp³-hybridized carbons (Fsp3) is 1.00. The minimum Gasteiger partial charge on any atom is -0.384 e. The van der Waals surface area contributed by atoms with Gasteiger partial charge in [-0.3, -0.25) is 4.21 Å². The number of ether oxygens (including phenoxy) is 1. The highest BCUT2D eigenvalue weighted by Gasteiger charge is 2.38. The summed E-state index contributed by atoms with van der Waals surface area (Å²) < 4.78 is 17.6. The molecule has 0 aromatic carbocycles. The molecule has 4 heteroatoms.